The summed E-state index contributed by atoms with van der Waals surface area (Å²) in [6, 6.07) is 6.08. The number of fused-ring (bicyclic) bond motifs is 1. The Morgan fingerprint density at radius 3 is 2.71 bits per heavy atom. The first kappa shape index (κ1) is 18.6. The molecule has 4 rings (SSSR count). The van der Waals surface area contributed by atoms with Gasteiger partial charge in [0, 0.05) is 56.6 Å². The molecule has 7 nitrogen and oxygen atoms in total. The van der Waals surface area contributed by atoms with Crippen LogP contribution in [0.2, 0.25) is 0 Å². The first-order chi connectivity index (χ1) is 13.6. The highest BCUT2D eigenvalue weighted by atomic mass is 16.7. The lowest BCUT2D eigenvalue weighted by Crippen LogP contribution is -2.47. The molecule has 1 aromatic heterocycles. The van der Waals surface area contributed by atoms with Crippen molar-refractivity contribution in [2.75, 3.05) is 33.0 Å². The lowest BCUT2D eigenvalue weighted by Gasteiger charge is -2.34. The molecule has 1 amide bonds. The molecule has 0 atom stereocenters. The van der Waals surface area contributed by atoms with E-state index in [0.717, 1.165) is 62.0 Å². The molecule has 0 saturated carbocycles. The van der Waals surface area contributed by atoms with E-state index in [1.54, 1.807) is 6.08 Å². The SMILES string of the molecule is CCn1ncc(/C=C/C(=O)N2CCN(Cc3ccc4c(c3)OCO4)CC2)c1C. The number of aromatic nitrogens is 2. The Morgan fingerprint density at radius 2 is 1.96 bits per heavy atom. The summed E-state index contributed by atoms with van der Waals surface area (Å²) in [5.41, 5.74) is 3.28. The van der Waals surface area contributed by atoms with Crippen LogP contribution in [0.4, 0.5) is 0 Å². The second-order valence-electron chi connectivity index (χ2n) is 7.12. The quantitative estimate of drug-likeness (QED) is 0.743. The maximum atomic E-state index is 12.5. The van der Waals surface area contributed by atoms with Crippen molar-refractivity contribution in [1.82, 2.24) is 19.6 Å². The fourth-order valence-corrected chi connectivity index (χ4v) is 3.63. The van der Waals surface area contributed by atoms with Gasteiger partial charge in [0.25, 0.3) is 0 Å². The Labute approximate surface area is 165 Å². The van der Waals surface area contributed by atoms with E-state index in [2.05, 4.69) is 23.0 Å². The summed E-state index contributed by atoms with van der Waals surface area (Å²) in [5.74, 6) is 1.69. The van der Waals surface area contributed by atoms with E-state index >= 15 is 0 Å². The van der Waals surface area contributed by atoms with Crippen LogP contribution < -0.4 is 9.47 Å². The maximum Gasteiger partial charge on any atom is 0.246 e. The second kappa shape index (κ2) is 8.06. The van der Waals surface area contributed by atoms with Gasteiger partial charge in [0.05, 0.1) is 6.20 Å². The smallest absolute Gasteiger partial charge is 0.246 e. The number of amides is 1. The number of ether oxygens (including phenoxy) is 2. The van der Waals surface area contributed by atoms with Crippen molar-refractivity contribution in [1.29, 1.82) is 0 Å². The Balaban J connectivity index is 1.29. The van der Waals surface area contributed by atoms with Gasteiger partial charge >= 0.3 is 0 Å². The molecule has 0 bridgehead atoms. The highest BCUT2D eigenvalue weighted by Crippen LogP contribution is 2.32. The van der Waals surface area contributed by atoms with Gasteiger partial charge in [-0.15, -0.1) is 0 Å². The standard InChI is InChI=1S/C21H26N4O3/c1-3-25-16(2)18(13-22-25)5-7-21(26)24-10-8-23(9-11-24)14-17-4-6-19-20(12-17)28-15-27-19/h4-7,12-13H,3,8-11,14-15H2,1-2H3/b7-5+. The van der Waals surface area contributed by atoms with Crippen LogP contribution in [0.15, 0.2) is 30.5 Å². The van der Waals surface area contributed by atoms with E-state index in [1.807, 2.05) is 40.9 Å². The maximum absolute atomic E-state index is 12.5. The van der Waals surface area contributed by atoms with E-state index < -0.39 is 0 Å². The number of hydrogen-bond donors (Lipinski definition) is 0. The molecule has 1 saturated heterocycles. The van der Waals surface area contributed by atoms with Crippen LogP contribution in [-0.4, -0.2) is 58.5 Å². The molecule has 0 unspecified atom stereocenters. The van der Waals surface area contributed by atoms with Gasteiger partial charge in [-0.3, -0.25) is 14.4 Å². The summed E-state index contributed by atoms with van der Waals surface area (Å²) in [6.45, 7) is 9.26. The minimum atomic E-state index is 0.0615. The van der Waals surface area contributed by atoms with Gasteiger partial charge in [0.15, 0.2) is 11.5 Å². The van der Waals surface area contributed by atoms with Crippen molar-refractivity contribution in [2.45, 2.75) is 26.9 Å². The van der Waals surface area contributed by atoms with Crippen LogP contribution in [0.3, 0.4) is 0 Å². The van der Waals surface area contributed by atoms with E-state index in [-0.39, 0.29) is 5.91 Å². The molecule has 7 heteroatoms. The zero-order valence-corrected chi connectivity index (χ0v) is 16.4. The fraction of sp³-hybridized carbons (Fsp3) is 0.429. The molecule has 28 heavy (non-hydrogen) atoms. The predicted molar refractivity (Wildman–Crippen MR) is 106 cm³/mol. The topological polar surface area (TPSA) is 59.8 Å². The van der Waals surface area contributed by atoms with E-state index in [4.69, 9.17) is 9.47 Å². The summed E-state index contributed by atoms with van der Waals surface area (Å²) in [4.78, 5) is 16.8. The van der Waals surface area contributed by atoms with Crippen LogP contribution in [0.1, 0.15) is 23.7 Å². The molecule has 2 aliphatic rings. The van der Waals surface area contributed by atoms with E-state index in [9.17, 15) is 4.79 Å². The first-order valence-corrected chi connectivity index (χ1v) is 9.74. The van der Waals surface area contributed by atoms with Gasteiger partial charge in [-0.1, -0.05) is 6.07 Å². The monoisotopic (exact) mass is 382 g/mol. The largest absolute Gasteiger partial charge is 0.454 e. The van der Waals surface area contributed by atoms with Crippen molar-refractivity contribution in [2.24, 2.45) is 0 Å². The Hall–Kier alpha value is -2.80. The molecular weight excluding hydrogens is 356 g/mol. The van der Waals surface area contributed by atoms with Crippen LogP contribution >= 0.6 is 0 Å². The number of rotatable bonds is 5. The van der Waals surface area contributed by atoms with Crippen molar-refractivity contribution in [3.63, 3.8) is 0 Å². The van der Waals surface area contributed by atoms with Gasteiger partial charge in [-0.2, -0.15) is 5.10 Å². The van der Waals surface area contributed by atoms with Crippen LogP contribution in [0, 0.1) is 6.92 Å². The zero-order valence-electron chi connectivity index (χ0n) is 16.4. The van der Waals surface area contributed by atoms with Gasteiger partial charge in [-0.05, 0) is 37.6 Å². The number of carbonyl (C=O) groups excluding carboxylic acids is 1. The van der Waals surface area contributed by atoms with Crippen molar-refractivity contribution < 1.29 is 14.3 Å². The fourth-order valence-electron chi connectivity index (χ4n) is 3.63. The van der Waals surface area contributed by atoms with E-state index in [0.29, 0.717) is 6.79 Å². The molecule has 2 aliphatic heterocycles. The molecule has 1 aromatic carbocycles. The number of benzene rings is 1. The highest BCUT2D eigenvalue weighted by Gasteiger charge is 2.21. The van der Waals surface area contributed by atoms with Gasteiger partial charge in [0.2, 0.25) is 12.7 Å². The van der Waals surface area contributed by atoms with E-state index in [1.165, 1.54) is 5.56 Å². The summed E-state index contributed by atoms with van der Waals surface area (Å²) in [5, 5.41) is 4.31. The Bertz CT molecular complexity index is 882. The molecule has 0 N–H and O–H groups in total. The third kappa shape index (κ3) is 3.89. The Kier molecular flexibility index (Phi) is 5.34. The Morgan fingerprint density at radius 1 is 1.18 bits per heavy atom. The minimum Gasteiger partial charge on any atom is -0.454 e. The highest BCUT2D eigenvalue weighted by molar-refractivity contribution is 5.92. The third-order valence-corrected chi connectivity index (χ3v) is 5.37. The lowest BCUT2D eigenvalue weighted by molar-refractivity contribution is -0.127. The summed E-state index contributed by atoms with van der Waals surface area (Å²) < 4.78 is 12.7. The number of nitrogens with zero attached hydrogens (tertiary/aromatic N) is 4. The number of aryl methyl sites for hydroxylation is 1. The van der Waals surface area contributed by atoms with Gasteiger partial charge in [-0.25, -0.2) is 0 Å². The van der Waals surface area contributed by atoms with Crippen LogP contribution in [0.25, 0.3) is 6.08 Å². The third-order valence-electron chi connectivity index (χ3n) is 5.37. The molecule has 148 valence electrons. The normalized spacial score (nSPS) is 16.9. The predicted octanol–water partition coefficient (Wildman–Crippen LogP) is 2.30. The molecule has 1 fully saturated rings. The molecule has 0 radical (unpaired) electrons. The number of piperazine rings is 1. The van der Waals surface area contributed by atoms with Gasteiger partial charge < -0.3 is 14.4 Å². The average molecular weight is 382 g/mol. The molecule has 0 aliphatic carbocycles. The number of hydrogen-bond acceptors (Lipinski definition) is 5. The van der Waals surface area contributed by atoms with Crippen molar-refractivity contribution in [3.05, 3.63) is 47.3 Å². The molecule has 2 aromatic rings. The molecular formula is C21H26N4O3. The first-order valence-electron chi connectivity index (χ1n) is 9.74. The molecule has 0 spiro atoms. The van der Waals surface area contributed by atoms with Crippen molar-refractivity contribution in [3.8, 4) is 11.5 Å². The second-order valence-corrected chi connectivity index (χ2v) is 7.12. The average Bonchev–Trinajstić information content (AvgIpc) is 3.32. The zero-order chi connectivity index (χ0) is 19.5. The van der Waals surface area contributed by atoms with Crippen molar-refractivity contribution >= 4 is 12.0 Å². The number of carbonyl (C=O) groups is 1. The van der Waals surface area contributed by atoms with Crippen LogP contribution in [-0.2, 0) is 17.9 Å². The minimum absolute atomic E-state index is 0.0615. The molecule has 3 heterocycles. The van der Waals surface area contributed by atoms with Crippen LogP contribution in [0.5, 0.6) is 11.5 Å². The summed E-state index contributed by atoms with van der Waals surface area (Å²) in [7, 11) is 0. The van der Waals surface area contributed by atoms with Gasteiger partial charge in [0.1, 0.15) is 0 Å². The summed E-state index contributed by atoms with van der Waals surface area (Å²) >= 11 is 0. The summed E-state index contributed by atoms with van der Waals surface area (Å²) in [6.07, 6.45) is 5.35. The lowest BCUT2D eigenvalue weighted by atomic mass is 10.1.